The predicted octanol–water partition coefficient (Wildman–Crippen LogP) is 3.99. The van der Waals surface area contributed by atoms with Crippen LogP contribution >= 0.6 is 0 Å². The molecule has 5 saturated carbocycles. The average Bonchev–Trinajstić information content (AvgIpc) is 3.58. The van der Waals surface area contributed by atoms with E-state index < -0.39 is 11.6 Å². The van der Waals surface area contributed by atoms with E-state index in [4.69, 9.17) is 0 Å². The molecule has 0 aliphatic heterocycles. The van der Waals surface area contributed by atoms with Gasteiger partial charge in [0.25, 0.3) is 0 Å². The smallest absolute Gasteiger partial charge is 0.328 e. The quantitative estimate of drug-likeness (QED) is 0.708. The highest BCUT2D eigenvalue weighted by molar-refractivity contribution is 5.91. The first-order chi connectivity index (χ1) is 13.8. The molecule has 0 saturated heterocycles. The SMILES string of the molecule is C[C@]12CC[C@H]3[C@H]([C@@H]1[C@@H]1C[C@@H]1[C@@]2(O)/C=C\C(=O)O)[C@@H](C1CC1)CC1=CC(=O)CC[C@@H]13. The summed E-state index contributed by atoms with van der Waals surface area (Å²) in [6, 6.07) is 0. The fourth-order valence-electron chi connectivity index (χ4n) is 8.83. The van der Waals surface area contributed by atoms with Crippen LogP contribution in [0.3, 0.4) is 0 Å². The number of ketones is 1. The molecule has 0 spiro atoms. The van der Waals surface area contributed by atoms with Crippen molar-refractivity contribution in [3.8, 4) is 0 Å². The molecule has 9 atom stereocenters. The normalized spacial score (nSPS) is 53.0. The van der Waals surface area contributed by atoms with Crippen molar-refractivity contribution in [3.63, 3.8) is 0 Å². The van der Waals surface area contributed by atoms with Crippen molar-refractivity contribution in [1.29, 1.82) is 0 Å². The van der Waals surface area contributed by atoms with E-state index >= 15 is 0 Å². The van der Waals surface area contributed by atoms with Crippen molar-refractivity contribution < 1.29 is 19.8 Å². The number of hydrogen-bond donors (Lipinski definition) is 2. The summed E-state index contributed by atoms with van der Waals surface area (Å²) in [7, 11) is 0. The van der Waals surface area contributed by atoms with Gasteiger partial charge in [0.15, 0.2) is 5.78 Å². The summed E-state index contributed by atoms with van der Waals surface area (Å²) in [6.45, 7) is 2.26. The second kappa shape index (κ2) is 5.84. The van der Waals surface area contributed by atoms with E-state index in [0.717, 1.165) is 38.0 Å². The number of aliphatic carboxylic acids is 1. The van der Waals surface area contributed by atoms with Gasteiger partial charge in [-0.15, -0.1) is 0 Å². The van der Waals surface area contributed by atoms with Crippen LogP contribution in [0.2, 0.25) is 0 Å². The molecule has 0 bridgehead atoms. The lowest BCUT2D eigenvalue weighted by molar-refractivity contribution is -0.134. The molecule has 0 aromatic heterocycles. The minimum Gasteiger partial charge on any atom is -0.478 e. The summed E-state index contributed by atoms with van der Waals surface area (Å²) < 4.78 is 0. The van der Waals surface area contributed by atoms with Crippen molar-refractivity contribution in [2.75, 3.05) is 0 Å². The van der Waals surface area contributed by atoms with Gasteiger partial charge in [0.05, 0.1) is 5.60 Å². The fraction of sp³-hybridized carbons (Fsp3) is 0.760. The van der Waals surface area contributed by atoms with E-state index in [1.54, 1.807) is 6.08 Å². The average molecular weight is 397 g/mol. The first-order valence-corrected chi connectivity index (χ1v) is 11.7. The van der Waals surface area contributed by atoms with Gasteiger partial charge < -0.3 is 10.2 Å². The molecule has 29 heavy (non-hydrogen) atoms. The van der Waals surface area contributed by atoms with Gasteiger partial charge in [-0.2, -0.15) is 0 Å². The van der Waals surface area contributed by atoms with E-state index in [2.05, 4.69) is 6.92 Å². The van der Waals surface area contributed by atoms with Crippen LogP contribution in [0.15, 0.2) is 23.8 Å². The Morgan fingerprint density at radius 3 is 2.69 bits per heavy atom. The Balaban J connectivity index is 1.41. The highest BCUT2D eigenvalue weighted by Crippen LogP contribution is 2.77. The number of carbonyl (C=O) groups excluding carboxylic acids is 1. The Hall–Kier alpha value is -1.42. The topological polar surface area (TPSA) is 74.6 Å². The number of allylic oxidation sites excluding steroid dienone is 1. The molecule has 6 aliphatic carbocycles. The molecular weight excluding hydrogens is 364 g/mol. The number of hydrogen-bond acceptors (Lipinski definition) is 3. The van der Waals surface area contributed by atoms with E-state index in [0.29, 0.717) is 47.7 Å². The molecule has 0 radical (unpaired) electrons. The lowest BCUT2D eigenvalue weighted by atomic mass is 9.46. The molecule has 4 heteroatoms. The summed E-state index contributed by atoms with van der Waals surface area (Å²) in [5.74, 6) is 3.95. The summed E-state index contributed by atoms with van der Waals surface area (Å²) in [6.07, 6.45) is 13.4. The number of carboxylic acid groups (broad SMARTS) is 1. The van der Waals surface area contributed by atoms with Gasteiger partial charge in [0.2, 0.25) is 0 Å². The highest BCUT2D eigenvalue weighted by atomic mass is 16.4. The van der Waals surface area contributed by atoms with Crippen LogP contribution in [0.1, 0.15) is 58.3 Å². The van der Waals surface area contributed by atoms with Crippen LogP contribution in [0.25, 0.3) is 0 Å². The third-order valence-electron chi connectivity index (χ3n) is 10.1. The first kappa shape index (κ1) is 18.4. The second-order valence-electron chi connectivity index (χ2n) is 11.3. The summed E-state index contributed by atoms with van der Waals surface area (Å²) in [4.78, 5) is 23.3. The molecule has 5 fully saturated rings. The lowest BCUT2D eigenvalue weighted by Gasteiger charge is -2.59. The molecule has 2 N–H and O–H groups in total. The highest BCUT2D eigenvalue weighted by Gasteiger charge is 2.76. The Kier molecular flexibility index (Phi) is 3.70. The van der Waals surface area contributed by atoms with Crippen molar-refractivity contribution in [2.24, 2.45) is 52.8 Å². The largest absolute Gasteiger partial charge is 0.478 e. The van der Waals surface area contributed by atoms with Gasteiger partial charge in [-0.3, -0.25) is 4.79 Å². The Bertz CT molecular complexity index is 838. The number of carbonyl (C=O) groups is 2. The van der Waals surface area contributed by atoms with E-state index in [1.807, 2.05) is 6.08 Å². The molecule has 0 heterocycles. The maximum absolute atomic E-state index is 12.1. The van der Waals surface area contributed by atoms with Crippen LogP contribution in [0.4, 0.5) is 0 Å². The molecular formula is C25H32O4. The lowest BCUT2D eigenvalue weighted by Crippen LogP contribution is -2.56. The zero-order chi connectivity index (χ0) is 20.1. The zero-order valence-corrected chi connectivity index (χ0v) is 17.2. The minimum absolute atomic E-state index is 0.216. The van der Waals surface area contributed by atoms with Gasteiger partial charge in [0, 0.05) is 17.9 Å². The summed E-state index contributed by atoms with van der Waals surface area (Å²) in [5.41, 5.74) is 0.250. The van der Waals surface area contributed by atoms with Gasteiger partial charge in [-0.25, -0.2) is 4.79 Å². The molecule has 6 rings (SSSR count). The first-order valence-electron chi connectivity index (χ1n) is 11.7. The van der Waals surface area contributed by atoms with Crippen molar-refractivity contribution in [2.45, 2.75) is 63.9 Å². The molecule has 0 amide bonds. The van der Waals surface area contributed by atoms with E-state index in [9.17, 15) is 19.8 Å². The van der Waals surface area contributed by atoms with Crippen LogP contribution in [-0.4, -0.2) is 27.6 Å². The van der Waals surface area contributed by atoms with E-state index in [-0.39, 0.29) is 11.3 Å². The summed E-state index contributed by atoms with van der Waals surface area (Å²) in [5, 5.41) is 21.0. The Morgan fingerprint density at radius 1 is 1.17 bits per heavy atom. The van der Waals surface area contributed by atoms with Gasteiger partial charge >= 0.3 is 5.97 Å². The standard InChI is InChI=1S/C25H32O4/c1-24-8-6-17-16-5-4-15(26)10-14(16)11-18(13-2-3-13)22(17)23(24)19-12-20(19)25(24,29)9-7-21(27)28/h7,9-10,13,16-20,22-23,29H,2-6,8,11-12H2,1H3,(H,27,28)/b9-7-/t16-,17+,18+,19+,20-,22-,23-,24-,25-/m0/s1. The van der Waals surface area contributed by atoms with Gasteiger partial charge in [-0.05, 0) is 104 Å². The number of carboxylic acids is 1. The van der Waals surface area contributed by atoms with Crippen LogP contribution in [0.5, 0.6) is 0 Å². The number of fused-ring (bicyclic) bond motifs is 7. The van der Waals surface area contributed by atoms with Crippen molar-refractivity contribution in [1.82, 2.24) is 0 Å². The maximum atomic E-state index is 12.1. The third kappa shape index (κ3) is 2.41. The Morgan fingerprint density at radius 2 is 1.97 bits per heavy atom. The molecule has 0 aromatic carbocycles. The van der Waals surface area contributed by atoms with Crippen LogP contribution in [0, 0.1) is 52.8 Å². The molecule has 0 aromatic rings. The Labute approximate surface area is 172 Å². The maximum Gasteiger partial charge on any atom is 0.328 e. The third-order valence-corrected chi connectivity index (χ3v) is 10.1. The van der Waals surface area contributed by atoms with Gasteiger partial charge in [-0.1, -0.05) is 12.5 Å². The molecule has 4 nitrogen and oxygen atoms in total. The van der Waals surface area contributed by atoms with Crippen molar-refractivity contribution >= 4 is 11.8 Å². The van der Waals surface area contributed by atoms with Crippen LogP contribution < -0.4 is 0 Å². The van der Waals surface area contributed by atoms with Crippen LogP contribution in [-0.2, 0) is 9.59 Å². The number of rotatable bonds is 3. The minimum atomic E-state index is -0.974. The van der Waals surface area contributed by atoms with Crippen molar-refractivity contribution in [3.05, 3.63) is 23.8 Å². The van der Waals surface area contributed by atoms with E-state index in [1.165, 1.54) is 24.5 Å². The second-order valence-corrected chi connectivity index (χ2v) is 11.3. The number of aliphatic hydroxyl groups is 1. The monoisotopic (exact) mass is 396 g/mol. The summed E-state index contributed by atoms with van der Waals surface area (Å²) >= 11 is 0. The molecule has 6 aliphatic rings. The zero-order valence-electron chi connectivity index (χ0n) is 17.2. The predicted molar refractivity (Wildman–Crippen MR) is 108 cm³/mol. The fourth-order valence-corrected chi connectivity index (χ4v) is 8.83. The molecule has 156 valence electrons. The van der Waals surface area contributed by atoms with Gasteiger partial charge in [0.1, 0.15) is 0 Å². The molecule has 0 unspecified atom stereocenters.